The molecule has 136 valence electrons. The van der Waals surface area contributed by atoms with Crippen LogP contribution in [0.25, 0.3) is 10.4 Å². The Morgan fingerprint density at radius 2 is 1.85 bits per heavy atom. The van der Waals surface area contributed by atoms with Crippen LogP contribution in [0.15, 0.2) is 76.8 Å². The van der Waals surface area contributed by atoms with E-state index in [0.717, 1.165) is 27.3 Å². The highest BCUT2D eigenvalue weighted by Gasteiger charge is 2.05. The molecule has 6 heteroatoms. The van der Waals surface area contributed by atoms with Gasteiger partial charge in [0.2, 0.25) is 0 Å². The lowest BCUT2D eigenvalue weighted by atomic mass is 10.2. The average Bonchev–Trinajstić information content (AvgIpc) is 3.00. The van der Waals surface area contributed by atoms with Crippen LogP contribution in [0.4, 0.5) is 5.69 Å². The van der Waals surface area contributed by atoms with Crippen LogP contribution >= 0.6 is 44.2 Å². The fourth-order valence-electron chi connectivity index (χ4n) is 2.38. The Morgan fingerprint density at radius 3 is 2.46 bits per heavy atom. The summed E-state index contributed by atoms with van der Waals surface area (Å²) in [6, 6.07) is 16.2. The number of hydrogen-bond donors (Lipinski definition) is 0. The quantitative estimate of drug-likeness (QED) is 0.364. The lowest BCUT2D eigenvalue weighted by molar-refractivity contribution is 0.340. The molecule has 0 aliphatic carbocycles. The van der Waals surface area contributed by atoms with E-state index in [1.807, 2.05) is 37.3 Å². The van der Waals surface area contributed by atoms with Crippen LogP contribution in [0, 0.1) is 0 Å². The number of allylic oxidation sites excluding steroid dienone is 1. The number of rotatable bonds is 6. The summed E-state index contributed by atoms with van der Waals surface area (Å²) in [5, 5.41) is 0. The van der Waals surface area contributed by atoms with E-state index in [9.17, 15) is 0 Å². The zero-order valence-electron chi connectivity index (χ0n) is 14.4. The van der Waals surface area contributed by atoms with E-state index in [-0.39, 0.29) is 17.0 Å². The first kappa shape index (κ1) is 20.7. The first-order valence-electron chi connectivity index (χ1n) is 8.04. The van der Waals surface area contributed by atoms with Crippen molar-refractivity contribution in [3.63, 3.8) is 0 Å². The molecule has 2 aromatic carbocycles. The second-order valence-electron chi connectivity index (χ2n) is 5.36. The molecule has 0 amide bonds. The fraction of sp³-hybridized carbons (Fsp3) is 0.150. The van der Waals surface area contributed by atoms with Gasteiger partial charge in [-0.1, -0.05) is 45.5 Å². The van der Waals surface area contributed by atoms with Gasteiger partial charge in [-0.3, -0.25) is 0 Å². The van der Waals surface area contributed by atoms with Gasteiger partial charge in [-0.2, -0.15) is 0 Å². The molecular weight excluding hydrogens is 476 g/mol. The largest absolute Gasteiger partial charge is 0.494 e. The molecule has 1 aromatic heterocycles. The number of hydrogen-bond acceptors (Lipinski definition) is 3. The van der Waals surface area contributed by atoms with Crippen molar-refractivity contribution < 1.29 is 4.74 Å². The van der Waals surface area contributed by atoms with Crippen LogP contribution in [0.1, 0.15) is 6.92 Å². The van der Waals surface area contributed by atoms with E-state index in [4.69, 9.17) is 9.73 Å². The van der Waals surface area contributed by atoms with Crippen molar-refractivity contribution in [2.45, 2.75) is 13.5 Å². The van der Waals surface area contributed by atoms with Crippen LogP contribution < -0.4 is 9.54 Å². The second kappa shape index (κ2) is 9.90. The summed E-state index contributed by atoms with van der Waals surface area (Å²) in [5.74, 6) is 0.863. The lowest BCUT2D eigenvalue weighted by Crippen LogP contribution is -2.12. The zero-order chi connectivity index (χ0) is 17.6. The van der Waals surface area contributed by atoms with Gasteiger partial charge in [0.05, 0.1) is 17.2 Å². The maximum Gasteiger partial charge on any atom is 0.190 e. The van der Waals surface area contributed by atoms with Crippen LogP contribution in [-0.4, -0.2) is 11.2 Å². The van der Waals surface area contributed by atoms with Gasteiger partial charge in [-0.15, -0.1) is 23.6 Å². The van der Waals surface area contributed by atoms with Gasteiger partial charge in [-0.05, 0) is 48.9 Å². The summed E-state index contributed by atoms with van der Waals surface area (Å²) < 4.78 is 8.68. The van der Waals surface area contributed by atoms with Crippen LogP contribution in [0.5, 0.6) is 5.75 Å². The topological polar surface area (TPSA) is 26.5 Å². The molecule has 3 rings (SSSR count). The molecule has 0 fully saturated rings. The van der Waals surface area contributed by atoms with Crippen molar-refractivity contribution in [2.75, 3.05) is 6.61 Å². The van der Waals surface area contributed by atoms with Crippen LogP contribution in [-0.2, 0) is 6.54 Å². The summed E-state index contributed by atoms with van der Waals surface area (Å²) in [6.45, 7) is 7.22. The third-order valence-corrected chi connectivity index (χ3v) is 5.15. The molecule has 26 heavy (non-hydrogen) atoms. The molecule has 0 spiro atoms. The number of halogens is 2. The van der Waals surface area contributed by atoms with Crippen molar-refractivity contribution >= 4 is 49.9 Å². The van der Waals surface area contributed by atoms with Crippen molar-refractivity contribution in [1.29, 1.82) is 0 Å². The van der Waals surface area contributed by atoms with Gasteiger partial charge >= 0.3 is 0 Å². The van der Waals surface area contributed by atoms with Crippen molar-refractivity contribution in [1.82, 2.24) is 4.57 Å². The molecule has 1 heterocycles. The summed E-state index contributed by atoms with van der Waals surface area (Å²) in [4.78, 5) is 6.92. The predicted octanol–water partition coefficient (Wildman–Crippen LogP) is 6.37. The minimum Gasteiger partial charge on any atom is -0.494 e. The normalized spacial score (nSPS) is 11.1. The third kappa shape index (κ3) is 5.19. The van der Waals surface area contributed by atoms with E-state index >= 15 is 0 Å². The van der Waals surface area contributed by atoms with Gasteiger partial charge < -0.3 is 9.30 Å². The van der Waals surface area contributed by atoms with Crippen LogP contribution in [0.3, 0.4) is 0 Å². The molecule has 0 saturated heterocycles. The van der Waals surface area contributed by atoms with Gasteiger partial charge in [-0.25, -0.2) is 4.99 Å². The van der Waals surface area contributed by atoms with Gasteiger partial charge in [0.25, 0.3) is 0 Å². The number of benzene rings is 2. The number of ether oxygens (including phenoxy) is 1. The first-order chi connectivity index (χ1) is 12.2. The lowest BCUT2D eigenvalue weighted by Gasteiger charge is -2.02. The summed E-state index contributed by atoms with van der Waals surface area (Å²) in [5.41, 5.74) is 2.09. The molecule has 0 radical (unpaired) electrons. The maximum atomic E-state index is 5.48. The smallest absolute Gasteiger partial charge is 0.190 e. The molecule has 0 unspecified atom stereocenters. The molecule has 0 bridgehead atoms. The fourth-order valence-corrected chi connectivity index (χ4v) is 3.67. The monoisotopic (exact) mass is 494 g/mol. The van der Waals surface area contributed by atoms with E-state index < -0.39 is 0 Å². The SMILES string of the molecule is Br.C=CCn1cc(-c2ccc(Br)cc2)sc1=Nc1ccc(OCC)cc1. The minimum absolute atomic E-state index is 0. The Labute approximate surface area is 176 Å². The third-order valence-electron chi connectivity index (χ3n) is 3.55. The van der Waals surface area contributed by atoms with Crippen molar-refractivity contribution in [3.8, 4) is 16.2 Å². The second-order valence-corrected chi connectivity index (χ2v) is 7.29. The Kier molecular flexibility index (Phi) is 7.87. The summed E-state index contributed by atoms with van der Waals surface area (Å²) >= 11 is 5.15. The molecule has 3 nitrogen and oxygen atoms in total. The molecule has 0 aliphatic heterocycles. The Morgan fingerprint density at radius 1 is 1.15 bits per heavy atom. The molecule has 0 saturated carbocycles. The highest BCUT2D eigenvalue weighted by molar-refractivity contribution is 9.10. The first-order valence-corrected chi connectivity index (χ1v) is 9.65. The van der Waals surface area contributed by atoms with Crippen molar-refractivity contribution in [3.05, 3.63) is 76.7 Å². The molecular formula is C20H20Br2N2OS. The Balaban J connectivity index is 0.00000243. The van der Waals surface area contributed by atoms with Gasteiger partial charge in [0, 0.05) is 17.2 Å². The molecule has 0 N–H and O–H groups in total. The average molecular weight is 496 g/mol. The zero-order valence-corrected chi connectivity index (χ0v) is 18.5. The van der Waals surface area contributed by atoms with Crippen molar-refractivity contribution in [2.24, 2.45) is 4.99 Å². The van der Waals surface area contributed by atoms with Gasteiger partial charge in [0.15, 0.2) is 4.80 Å². The highest BCUT2D eigenvalue weighted by Crippen LogP contribution is 2.25. The number of aromatic nitrogens is 1. The Bertz CT molecular complexity index is 912. The molecule has 0 atom stereocenters. The molecule has 3 aromatic rings. The number of nitrogens with zero attached hydrogens (tertiary/aromatic N) is 2. The number of thiazole rings is 1. The maximum absolute atomic E-state index is 5.48. The van der Waals surface area contributed by atoms with E-state index in [0.29, 0.717) is 6.61 Å². The standard InChI is InChI=1S/C20H19BrN2OS.BrH/c1-3-13-23-14-19(15-5-7-16(21)8-6-15)25-20(23)22-17-9-11-18(12-10-17)24-4-2;/h3,5-12,14H,1,4,13H2,2H3;1H. The summed E-state index contributed by atoms with van der Waals surface area (Å²) in [6.07, 6.45) is 4.01. The Hall–Kier alpha value is -1.63. The highest BCUT2D eigenvalue weighted by atomic mass is 79.9. The summed E-state index contributed by atoms with van der Waals surface area (Å²) in [7, 11) is 0. The molecule has 0 aliphatic rings. The van der Waals surface area contributed by atoms with E-state index in [1.165, 1.54) is 10.4 Å². The predicted molar refractivity (Wildman–Crippen MR) is 119 cm³/mol. The van der Waals surface area contributed by atoms with E-state index in [1.54, 1.807) is 11.3 Å². The van der Waals surface area contributed by atoms with Crippen LogP contribution in [0.2, 0.25) is 0 Å². The van der Waals surface area contributed by atoms with Gasteiger partial charge in [0.1, 0.15) is 5.75 Å². The van der Waals surface area contributed by atoms with E-state index in [2.05, 4.69) is 57.5 Å². The minimum atomic E-state index is 0.